The third-order valence-electron chi connectivity index (χ3n) is 5.76. The zero-order valence-corrected chi connectivity index (χ0v) is 19.0. The van der Waals surface area contributed by atoms with E-state index in [4.69, 9.17) is 0 Å². The van der Waals surface area contributed by atoms with Crippen molar-refractivity contribution >= 4 is 49.9 Å². The van der Waals surface area contributed by atoms with Crippen LogP contribution in [0.2, 0.25) is 0 Å². The molecule has 1 fully saturated rings. The maximum Gasteiger partial charge on any atom is 0.221 e. The summed E-state index contributed by atoms with van der Waals surface area (Å²) in [6.45, 7) is 0.729. The maximum atomic E-state index is 11.4. The molecule has 1 amide bonds. The van der Waals surface area contributed by atoms with Crippen LogP contribution in [0.1, 0.15) is 23.3 Å². The largest absolute Gasteiger partial charge is 0.342 e. The second-order valence-electron chi connectivity index (χ2n) is 8.16. The molecule has 0 bridgehead atoms. The van der Waals surface area contributed by atoms with E-state index in [1.807, 2.05) is 41.2 Å². The summed E-state index contributed by atoms with van der Waals surface area (Å²) in [5, 5.41) is 11.9. The highest BCUT2D eigenvalue weighted by atomic mass is 32.1. The van der Waals surface area contributed by atoms with E-state index in [2.05, 4.69) is 61.8 Å². The molecule has 34 heavy (non-hydrogen) atoms. The molecule has 7 nitrogen and oxygen atoms in total. The quantitative estimate of drug-likeness (QED) is 0.384. The second kappa shape index (κ2) is 8.61. The Labute approximate surface area is 199 Å². The number of nitrogens with zero attached hydrogens (tertiary/aromatic N) is 4. The molecule has 2 N–H and O–H groups in total. The number of nitrogens with one attached hydrogen (secondary N) is 2. The normalized spacial score (nSPS) is 15.3. The summed E-state index contributed by atoms with van der Waals surface area (Å²) in [7, 11) is 0. The molecule has 2 aromatic carbocycles. The molecule has 0 radical (unpaired) electrons. The molecule has 166 valence electrons. The zero-order valence-electron chi connectivity index (χ0n) is 18.2. The summed E-state index contributed by atoms with van der Waals surface area (Å²) < 4.78 is 2.95. The van der Waals surface area contributed by atoms with Gasteiger partial charge in [-0.2, -0.15) is 5.10 Å². The Kier molecular flexibility index (Phi) is 5.17. The molecule has 0 spiro atoms. The molecule has 0 saturated carbocycles. The Balaban J connectivity index is 1.25. The predicted molar refractivity (Wildman–Crippen MR) is 134 cm³/mol. The number of rotatable bonds is 4. The number of fused-ring (bicyclic) bond motifs is 2. The fraction of sp³-hybridized carbons (Fsp3) is 0.154. The first-order valence-corrected chi connectivity index (χ1v) is 11.8. The van der Waals surface area contributed by atoms with Gasteiger partial charge in [-0.15, -0.1) is 11.3 Å². The van der Waals surface area contributed by atoms with E-state index < -0.39 is 0 Å². The second-order valence-corrected chi connectivity index (χ2v) is 9.21. The number of hydrogen-bond donors (Lipinski definition) is 2. The average molecular weight is 465 g/mol. The molecule has 1 saturated heterocycles. The van der Waals surface area contributed by atoms with E-state index >= 15 is 0 Å². The smallest absolute Gasteiger partial charge is 0.221 e. The van der Waals surface area contributed by atoms with Gasteiger partial charge in [-0.3, -0.25) is 9.48 Å². The van der Waals surface area contributed by atoms with Crippen molar-refractivity contribution in [3.8, 4) is 11.8 Å². The van der Waals surface area contributed by atoms with Crippen LogP contribution in [0.5, 0.6) is 0 Å². The highest BCUT2D eigenvalue weighted by Crippen LogP contribution is 2.31. The third-order valence-corrected chi connectivity index (χ3v) is 6.80. The third kappa shape index (κ3) is 4.09. The minimum Gasteiger partial charge on any atom is -0.342 e. The Morgan fingerprint density at radius 3 is 2.91 bits per heavy atom. The minimum absolute atomic E-state index is 0.0653. The van der Waals surface area contributed by atoms with Crippen LogP contribution in [0.3, 0.4) is 0 Å². The van der Waals surface area contributed by atoms with E-state index in [9.17, 15) is 4.79 Å². The summed E-state index contributed by atoms with van der Waals surface area (Å²) in [6.07, 6.45) is 4.75. The first kappa shape index (κ1) is 20.4. The van der Waals surface area contributed by atoms with Crippen LogP contribution >= 0.6 is 11.3 Å². The average Bonchev–Trinajstić information content (AvgIpc) is 3.57. The molecular formula is C26H20N6OS. The highest BCUT2D eigenvalue weighted by Gasteiger charge is 2.18. The van der Waals surface area contributed by atoms with Crippen LogP contribution in [-0.4, -0.2) is 31.7 Å². The molecule has 0 aliphatic carbocycles. The van der Waals surface area contributed by atoms with E-state index in [1.165, 1.54) is 5.56 Å². The van der Waals surface area contributed by atoms with Crippen molar-refractivity contribution in [2.45, 2.75) is 25.4 Å². The Morgan fingerprint density at radius 1 is 1.15 bits per heavy atom. The van der Waals surface area contributed by atoms with Crippen molar-refractivity contribution in [1.29, 1.82) is 0 Å². The van der Waals surface area contributed by atoms with Gasteiger partial charge in [0, 0.05) is 17.5 Å². The van der Waals surface area contributed by atoms with E-state index in [1.54, 1.807) is 17.7 Å². The maximum absolute atomic E-state index is 11.4. The van der Waals surface area contributed by atoms with Gasteiger partial charge >= 0.3 is 0 Å². The fourth-order valence-electron chi connectivity index (χ4n) is 4.07. The molecular weight excluding hydrogens is 444 g/mol. The van der Waals surface area contributed by atoms with Crippen LogP contribution in [0.4, 0.5) is 11.5 Å². The number of carbonyl (C=O) groups excluding carboxylic acids is 1. The summed E-state index contributed by atoms with van der Waals surface area (Å²) in [6, 6.07) is 18.4. The number of hydrogen-bond acceptors (Lipinski definition) is 6. The lowest BCUT2D eigenvalue weighted by molar-refractivity contribution is -0.119. The number of thiophene rings is 1. The molecule has 3 aromatic heterocycles. The van der Waals surface area contributed by atoms with Crippen LogP contribution in [0.15, 0.2) is 67.1 Å². The lowest BCUT2D eigenvalue weighted by Crippen LogP contribution is -2.23. The van der Waals surface area contributed by atoms with Crippen molar-refractivity contribution in [3.05, 3.63) is 77.6 Å². The monoisotopic (exact) mass is 464 g/mol. The van der Waals surface area contributed by atoms with E-state index in [0.717, 1.165) is 50.5 Å². The van der Waals surface area contributed by atoms with Crippen molar-refractivity contribution in [2.24, 2.45) is 0 Å². The first-order valence-electron chi connectivity index (χ1n) is 11.0. The topological polar surface area (TPSA) is 84.7 Å². The van der Waals surface area contributed by atoms with Gasteiger partial charge < -0.3 is 10.6 Å². The van der Waals surface area contributed by atoms with E-state index in [0.29, 0.717) is 6.42 Å². The Morgan fingerprint density at radius 2 is 2.06 bits per heavy atom. The number of benzene rings is 2. The van der Waals surface area contributed by atoms with E-state index in [-0.39, 0.29) is 11.9 Å². The van der Waals surface area contributed by atoms with Gasteiger partial charge in [-0.25, -0.2) is 9.97 Å². The van der Waals surface area contributed by atoms with Gasteiger partial charge in [0.25, 0.3) is 0 Å². The predicted octanol–water partition coefficient (Wildman–Crippen LogP) is 4.46. The van der Waals surface area contributed by atoms with Crippen LogP contribution in [0.25, 0.3) is 21.1 Å². The summed E-state index contributed by atoms with van der Waals surface area (Å²) in [5.74, 6) is 7.14. The number of anilines is 2. The van der Waals surface area contributed by atoms with Crippen LogP contribution in [0, 0.1) is 11.8 Å². The van der Waals surface area contributed by atoms with Crippen molar-refractivity contribution in [3.63, 3.8) is 0 Å². The van der Waals surface area contributed by atoms with Crippen molar-refractivity contribution in [2.75, 3.05) is 5.32 Å². The molecule has 1 aliphatic rings. The van der Waals surface area contributed by atoms with Crippen LogP contribution in [-0.2, 0) is 11.3 Å². The van der Waals surface area contributed by atoms with Crippen LogP contribution < -0.4 is 10.6 Å². The number of carbonyl (C=O) groups is 1. The summed E-state index contributed by atoms with van der Waals surface area (Å²) in [5.41, 5.74) is 4.07. The molecule has 1 aliphatic heterocycles. The fourth-order valence-corrected chi connectivity index (χ4v) is 4.99. The Hall–Kier alpha value is -4.22. The highest BCUT2D eigenvalue weighted by molar-refractivity contribution is 7.20. The molecule has 5 aromatic rings. The van der Waals surface area contributed by atoms with Gasteiger partial charge in [0.05, 0.1) is 39.4 Å². The Bertz CT molecular complexity index is 1580. The molecule has 8 heteroatoms. The van der Waals surface area contributed by atoms with Gasteiger partial charge in [0.1, 0.15) is 6.33 Å². The van der Waals surface area contributed by atoms with Gasteiger partial charge in [-0.05, 0) is 36.2 Å². The number of amides is 1. The molecule has 6 rings (SSSR count). The SMILES string of the molecule is O=C1CC[C@@H](C#Cc2cc3ncnc(Nc4ccc5c(cnn5Cc5ccccc5)c4)c3s2)N1. The van der Waals surface area contributed by atoms with Gasteiger partial charge in [-0.1, -0.05) is 42.2 Å². The molecule has 0 unspecified atom stereocenters. The van der Waals surface area contributed by atoms with Crippen molar-refractivity contribution in [1.82, 2.24) is 25.1 Å². The number of aromatic nitrogens is 4. The lowest BCUT2D eigenvalue weighted by Gasteiger charge is -2.07. The minimum atomic E-state index is -0.0732. The lowest BCUT2D eigenvalue weighted by atomic mass is 10.2. The van der Waals surface area contributed by atoms with Gasteiger partial charge in [0.15, 0.2) is 5.82 Å². The van der Waals surface area contributed by atoms with Crippen molar-refractivity contribution < 1.29 is 4.79 Å². The summed E-state index contributed by atoms with van der Waals surface area (Å²) in [4.78, 5) is 21.1. The summed E-state index contributed by atoms with van der Waals surface area (Å²) >= 11 is 1.55. The molecule has 4 heterocycles. The van der Waals surface area contributed by atoms with Gasteiger partial charge in [0.2, 0.25) is 5.91 Å². The molecule has 1 atom stereocenters. The first-order chi connectivity index (χ1) is 16.7. The zero-order chi connectivity index (χ0) is 22.9. The standard InChI is InChI=1S/C26H20N6OS/c33-24-11-8-19(30-24)6-9-21-13-22-25(34-21)26(28-16-27-22)31-20-7-10-23-18(12-20)14-29-32(23)15-17-4-2-1-3-5-17/h1-5,7,10,12-14,16,19H,8,11,15H2,(H,30,33)(H,27,28,31)/t19-/m1/s1.